The largest absolute Gasteiger partial charge is 0.462 e. The Bertz CT molecular complexity index is 319. The van der Waals surface area contributed by atoms with E-state index in [0.717, 1.165) is 12.3 Å². The average molecular weight is 238 g/mol. The molecule has 0 aromatic carbocycles. The SMILES string of the molecule is CC(C)CC(=O)OC1C[C@H]2CC[C@@]1(C)C2(C)C. The molecule has 2 rings (SSSR count). The number of hydrogen-bond donors (Lipinski definition) is 0. The summed E-state index contributed by atoms with van der Waals surface area (Å²) in [6, 6.07) is 0. The molecule has 2 fully saturated rings. The molecular formula is C15H26O2. The molecular weight excluding hydrogens is 212 g/mol. The van der Waals surface area contributed by atoms with Crippen LogP contribution in [-0.4, -0.2) is 12.1 Å². The van der Waals surface area contributed by atoms with Crippen molar-refractivity contribution in [3.8, 4) is 0 Å². The van der Waals surface area contributed by atoms with Crippen LogP contribution in [0.4, 0.5) is 0 Å². The van der Waals surface area contributed by atoms with Crippen molar-refractivity contribution in [3.05, 3.63) is 0 Å². The fourth-order valence-electron chi connectivity index (χ4n) is 3.85. The molecule has 0 radical (unpaired) electrons. The third kappa shape index (κ3) is 1.90. The molecule has 0 spiro atoms. The number of rotatable bonds is 3. The van der Waals surface area contributed by atoms with Crippen LogP contribution in [0.3, 0.4) is 0 Å². The second-order valence-electron chi connectivity index (χ2n) is 7.19. The first-order chi connectivity index (χ1) is 7.77. The van der Waals surface area contributed by atoms with Crippen LogP contribution in [0.15, 0.2) is 0 Å². The Labute approximate surface area is 105 Å². The topological polar surface area (TPSA) is 26.3 Å². The van der Waals surface area contributed by atoms with Gasteiger partial charge in [-0.15, -0.1) is 0 Å². The van der Waals surface area contributed by atoms with Gasteiger partial charge in [0.15, 0.2) is 0 Å². The summed E-state index contributed by atoms with van der Waals surface area (Å²) < 4.78 is 5.76. The lowest BCUT2D eigenvalue weighted by Crippen LogP contribution is -2.38. The maximum atomic E-state index is 11.8. The quantitative estimate of drug-likeness (QED) is 0.699. The van der Waals surface area contributed by atoms with Gasteiger partial charge in [-0.3, -0.25) is 4.79 Å². The minimum atomic E-state index is -0.00502. The van der Waals surface area contributed by atoms with E-state index in [-0.39, 0.29) is 17.5 Å². The van der Waals surface area contributed by atoms with Crippen molar-refractivity contribution in [1.29, 1.82) is 0 Å². The molecule has 2 aliphatic rings. The minimum absolute atomic E-state index is 0.00502. The van der Waals surface area contributed by atoms with Gasteiger partial charge >= 0.3 is 5.97 Å². The number of carbonyl (C=O) groups is 1. The normalized spacial score (nSPS) is 38.7. The highest BCUT2D eigenvalue weighted by atomic mass is 16.5. The molecule has 98 valence electrons. The third-order valence-corrected chi connectivity index (χ3v) is 5.56. The minimum Gasteiger partial charge on any atom is -0.462 e. The molecule has 0 aliphatic heterocycles. The monoisotopic (exact) mass is 238 g/mol. The first-order valence-corrected chi connectivity index (χ1v) is 6.97. The van der Waals surface area contributed by atoms with Crippen molar-refractivity contribution in [1.82, 2.24) is 0 Å². The van der Waals surface area contributed by atoms with Crippen LogP contribution in [0.2, 0.25) is 0 Å². The summed E-state index contributed by atoms with van der Waals surface area (Å²) in [4.78, 5) is 11.8. The summed E-state index contributed by atoms with van der Waals surface area (Å²) in [7, 11) is 0. The van der Waals surface area contributed by atoms with Gasteiger partial charge in [-0.1, -0.05) is 34.6 Å². The van der Waals surface area contributed by atoms with Gasteiger partial charge in [0.05, 0.1) is 0 Å². The number of carbonyl (C=O) groups excluding carboxylic acids is 1. The predicted octanol–water partition coefficient (Wildman–Crippen LogP) is 3.79. The molecule has 2 saturated carbocycles. The molecule has 2 aliphatic carbocycles. The van der Waals surface area contributed by atoms with Gasteiger partial charge in [-0.25, -0.2) is 0 Å². The predicted molar refractivity (Wildman–Crippen MR) is 68.6 cm³/mol. The van der Waals surface area contributed by atoms with Gasteiger partial charge in [0.25, 0.3) is 0 Å². The number of fused-ring (bicyclic) bond motifs is 2. The summed E-state index contributed by atoms with van der Waals surface area (Å²) in [6.45, 7) is 11.1. The zero-order valence-electron chi connectivity index (χ0n) is 11.9. The standard InChI is InChI=1S/C15H26O2/c1-10(2)8-13(16)17-12-9-11-6-7-15(12,5)14(11,3)4/h10-12H,6-9H2,1-5H3/t11-,12?,15-/m1/s1. The van der Waals surface area contributed by atoms with Crippen LogP contribution in [0, 0.1) is 22.7 Å². The average Bonchev–Trinajstić information content (AvgIpc) is 2.49. The van der Waals surface area contributed by atoms with Gasteiger partial charge in [0, 0.05) is 11.8 Å². The van der Waals surface area contributed by atoms with Crippen LogP contribution in [0.1, 0.15) is 60.3 Å². The first kappa shape index (κ1) is 12.9. The number of esters is 1. The van der Waals surface area contributed by atoms with E-state index >= 15 is 0 Å². The molecule has 0 heterocycles. The molecule has 2 heteroatoms. The van der Waals surface area contributed by atoms with Crippen LogP contribution in [-0.2, 0) is 9.53 Å². The van der Waals surface area contributed by atoms with Gasteiger partial charge in [-0.05, 0) is 36.5 Å². The second-order valence-corrected chi connectivity index (χ2v) is 7.19. The maximum Gasteiger partial charge on any atom is 0.306 e. The summed E-state index contributed by atoms with van der Waals surface area (Å²) >= 11 is 0. The Hall–Kier alpha value is -0.530. The van der Waals surface area contributed by atoms with E-state index in [1.165, 1.54) is 12.8 Å². The van der Waals surface area contributed by atoms with E-state index in [2.05, 4.69) is 34.6 Å². The van der Waals surface area contributed by atoms with Crippen LogP contribution >= 0.6 is 0 Å². The van der Waals surface area contributed by atoms with Gasteiger partial charge in [0.2, 0.25) is 0 Å². The molecule has 2 nitrogen and oxygen atoms in total. The second kappa shape index (κ2) is 4.00. The van der Waals surface area contributed by atoms with Gasteiger partial charge in [0.1, 0.15) is 6.10 Å². The Balaban J connectivity index is 2.03. The zero-order chi connectivity index (χ0) is 12.8. The molecule has 1 unspecified atom stereocenters. The molecule has 0 aromatic heterocycles. The third-order valence-electron chi connectivity index (χ3n) is 5.56. The van der Waals surface area contributed by atoms with E-state index in [9.17, 15) is 4.79 Å². The number of ether oxygens (including phenoxy) is 1. The Morgan fingerprint density at radius 3 is 2.41 bits per heavy atom. The smallest absolute Gasteiger partial charge is 0.306 e. The first-order valence-electron chi connectivity index (χ1n) is 6.97. The van der Waals surface area contributed by atoms with Crippen LogP contribution in [0.25, 0.3) is 0 Å². The van der Waals surface area contributed by atoms with E-state index in [4.69, 9.17) is 4.74 Å². The van der Waals surface area contributed by atoms with Crippen molar-refractivity contribution in [3.63, 3.8) is 0 Å². The van der Waals surface area contributed by atoms with E-state index in [0.29, 0.717) is 17.8 Å². The molecule has 17 heavy (non-hydrogen) atoms. The fourth-order valence-corrected chi connectivity index (χ4v) is 3.85. The summed E-state index contributed by atoms with van der Waals surface area (Å²) in [5, 5.41) is 0. The molecule has 2 bridgehead atoms. The van der Waals surface area contributed by atoms with Crippen molar-refractivity contribution in [2.75, 3.05) is 0 Å². The lowest BCUT2D eigenvalue weighted by molar-refractivity contribution is -0.157. The summed E-state index contributed by atoms with van der Waals surface area (Å²) in [5.74, 6) is 1.13. The van der Waals surface area contributed by atoms with Gasteiger partial charge in [-0.2, -0.15) is 0 Å². The van der Waals surface area contributed by atoms with E-state index in [1.807, 2.05) is 0 Å². The fraction of sp³-hybridized carbons (Fsp3) is 0.933. The van der Waals surface area contributed by atoms with Crippen molar-refractivity contribution in [2.45, 2.75) is 66.4 Å². The van der Waals surface area contributed by atoms with Crippen molar-refractivity contribution < 1.29 is 9.53 Å². The molecule has 3 atom stereocenters. The van der Waals surface area contributed by atoms with Crippen molar-refractivity contribution in [2.24, 2.45) is 22.7 Å². The Kier molecular flexibility index (Phi) is 3.04. The van der Waals surface area contributed by atoms with Crippen LogP contribution in [0.5, 0.6) is 0 Å². The Morgan fingerprint density at radius 2 is 2.00 bits per heavy atom. The molecule has 0 saturated heterocycles. The summed E-state index contributed by atoms with van der Waals surface area (Å²) in [6.07, 6.45) is 4.30. The summed E-state index contributed by atoms with van der Waals surface area (Å²) in [5.41, 5.74) is 0.528. The highest BCUT2D eigenvalue weighted by Crippen LogP contribution is 2.66. The highest BCUT2D eigenvalue weighted by molar-refractivity contribution is 5.70. The zero-order valence-corrected chi connectivity index (χ0v) is 11.9. The van der Waals surface area contributed by atoms with E-state index in [1.54, 1.807) is 0 Å². The lowest BCUT2D eigenvalue weighted by atomic mass is 9.70. The highest BCUT2D eigenvalue weighted by Gasteiger charge is 2.62. The lowest BCUT2D eigenvalue weighted by Gasteiger charge is -2.38. The van der Waals surface area contributed by atoms with Gasteiger partial charge < -0.3 is 4.74 Å². The van der Waals surface area contributed by atoms with Crippen LogP contribution < -0.4 is 0 Å². The Morgan fingerprint density at radius 1 is 1.35 bits per heavy atom. The van der Waals surface area contributed by atoms with E-state index < -0.39 is 0 Å². The molecule has 0 aromatic rings. The maximum absolute atomic E-state index is 11.8. The van der Waals surface area contributed by atoms with Crippen molar-refractivity contribution >= 4 is 5.97 Å². The number of hydrogen-bond acceptors (Lipinski definition) is 2. The molecule has 0 amide bonds. The molecule has 0 N–H and O–H groups in total.